The largest absolute Gasteiger partial charge is 0.326 e. The molecule has 4 nitrogen and oxygen atoms in total. The van der Waals surface area contributed by atoms with Crippen LogP contribution in [-0.2, 0) is 9.36 Å². The van der Waals surface area contributed by atoms with Gasteiger partial charge in [0.05, 0.1) is 0 Å². The number of amides is 1. The number of fused-ring (bicyclic) bond motifs is 1. The van der Waals surface area contributed by atoms with Crippen molar-refractivity contribution < 1.29 is 9.36 Å². The molecule has 1 amide bonds. The van der Waals surface area contributed by atoms with E-state index in [4.69, 9.17) is 0 Å². The molecule has 0 unspecified atom stereocenters. The molecule has 38 heavy (non-hydrogen) atoms. The van der Waals surface area contributed by atoms with Crippen molar-refractivity contribution in [2.45, 2.75) is 12.5 Å². The minimum absolute atomic E-state index is 0.00210. The molecule has 6 rings (SSSR count). The highest BCUT2D eigenvalue weighted by Crippen LogP contribution is 2.52. The standard InChI is InChI=1S/C33H29N2O2P/c36-33(34-27-21-20-24-12-10-11-15-26(24)22-27)31-23-30(31)32(25-13-4-1-5-14-25)35-38(37,28-16-6-2-7-17-28)29-18-8-3-9-19-29/h1-22,30-32H,23H2,(H,34,36)(H,35,37)/t30-,31+,32-/m0/s1. The number of nitrogens with one attached hydrogen (secondary N) is 2. The highest BCUT2D eigenvalue weighted by molar-refractivity contribution is 7.76. The second-order valence-corrected chi connectivity index (χ2v) is 12.4. The lowest BCUT2D eigenvalue weighted by Gasteiger charge is -2.28. The molecule has 1 aliphatic carbocycles. The van der Waals surface area contributed by atoms with Crippen molar-refractivity contribution in [3.8, 4) is 0 Å². The molecule has 5 aromatic carbocycles. The van der Waals surface area contributed by atoms with Gasteiger partial charge in [-0.3, -0.25) is 14.4 Å². The van der Waals surface area contributed by atoms with Crippen LogP contribution in [0.5, 0.6) is 0 Å². The quantitative estimate of drug-likeness (QED) is 0.226. The van der Waals surface area contributed by atoms with Crippen LogP contribution >= 0.6 is 7.29 Å². The number of hydrogen-bond donors (Lipinski definition) is 2. The molecule has 1 fully saturated rings. The average Bonchev–Trinajstić information content (AvgIpc) is 3.78. The van der Waals surface area contributed by atoms with Crippen molar-refractivity contribution in [3.05, 3.63) is 139 Å². The van der Waals surface area contributed by atoms with E-state index in [0.717, 1.165) is 39.1 Å². The third kappa shape index (κ3) is 4.93. The summed E-state index contributed by atoms with van der Waals surface area (Å²) in [5.41, 5.74) is 1.83. The Morgan fingerprint density at radius 2 is 1.24 bits per heavy atom. The van der Waals surface area contributed by atoms with E-state index in [1.54, 1.807) is 0 Å². The number of anilines is 1. The zero-order valence-electron chi connectivity index (χ0n) is 20.9. The van der Waals surface area contributed by atoms with Crippen molar-refractivity contribution in [1.29, 1.82) is 0 Å². The Bertz CT molecular complexity index is 1560. The van der Waals surface area contributed by atoms with Crippen LogP contribution in [0.4, 0.5) is 5.69 Å². The average molecular weight is 517 g/mol. The Morgan fingerprint density at radius 1 is 0.684 bits per heavy atom. The molecule has 0 aliphatic heterocycles. The van der Waals surface area contributed by atoms with Crippen molar-refractivity contribution >= 4 is 40.3 Å². The van der Waals surface area contributed by atoms with Crippen LogP contribution in [0.25, 0.3) is 10.8 Å². The van der Waals surface area contributed by atoms with E-state index in [-0.39, 0.29) is 23.8 Å². The van der Waals surface area contributed by atoms with E-state index in [2.05, 4.69) is 28.6 Å². The molecule has 0 heterocycles. The van der Waals surface area contributed by atoms with Crippen LogP contribution in [0, 0.1) is 11.8 Å². The minimum Gasteiger partial charge on any atom is -0.326 e. The molecule has 5 aromatic rings. The summed E-state index contributed by atoms with van der Waals surface area (Å²) in [5, 5.41) is 10.5. The number of hydrogen-bond acceptors (Lipinski definition) is 2. The Labute approximate surface area is 223 Å². The van der Waals surface area contributed by atoms with Gasteiger partial charge in [0.1, 0.15) is 0 Å². The molecule has 0 saturated heterocycles. The summed E-state index contributed by atoms with van der Waals surface area (Å²) in [7, 11) is -3.19. The summed E-state index contributed by atoms with van der Waals surface area (Å²) in [4.78, 5) is 13.4. The second-order valence-electron chi connectivity index (χ2n) is 9.86. The lowest BCUT2D eigenvalue weighted by atomic mass is 10.0. The normalized spacial score (nSPS) is 17.6. The number of carbonyl (C=O) groups is 1. The number of carbonyl (C=O) groups excluding carboxylic acids is 1. The summed E-state index contributed by atoms with van der Waals surface area (Å²) >= 11 is 0. The molecule has 2 N–H and O–H groups in total. The first-order valence-corrected chi connectivity index (χ1v) is 14.7. The van der Waals surface area contributed by atoms with Crippen LogP contribution in [0.2, 0.25) is 0 Å². The maximum absolute atomic E-state index is 14.8. The highest BCUT2D eigenvalue weighted by atomic mass is 31.2. The first-order chi connectivity index (χ1) is 18.6. The van der Waals surface area contributed by atoms with Gasteiger partial charge >= 0.3 is 0 Å². The van der Waals surface area contributed by atoms with Gasteiger partial charge in [0.15, 0.2) is 0 Å². The Hall–Kier alpha value is -3.98. The molecule has 1 saturated carbocycles. The maximum Gasteiger partial charge on any atom is 0.227 e. The molecule has 0 radical (unpaired) electrons. The third-order valence-corrected chi connectivity index (χ3v) is 10.0. The predicted octanol–water partition coefficient (Wildman–Crippen LogP) is 6.67. The molecule has 1 aliphatic rings. The van der Waals surface area contributed by atoms with Gasteiger partial charge in [0.2, 0.25) is 13.2 Å². The minimum atomic E-state index is -3.19. The van der Waals surface area contributed by atoms with Gasteiger partial charge < -0.3 is 5.32 Å². The first kappa shape index (κ1) is 24.4. The molecular weight excluding hydrogens is 487 g/mol. The Kier molecular flexibility index (Phi) is 6.68. The molecule has 188 valence electrons. The van der Waals surface area contributed by atoms with E-state index >= 15 is 0 Å². The summed E-state index contributed by atoms with van der Waals surface area (Å²) in [6.07, 6.45) is 0.732. The second kappa shape index (κ2) is 10.4. The van der Waals surface area contributed by atoms with Crippen LogP contribution in [0.3, 0.4) is 0 Å². The fourth-order valence-corrected chi connectivity index (χ4v) is 7.75. The topological polar surface area (TPSA) is 58.2 Å². The molecule has 0 spiro atoms. The van der Waals surface area contributed by atoms with Gasteiger partial charge in [-0.05, 0) is 65.1 Å². The lowest BCUT2D eigenvalue weighted by Crippen LogP contribution is -2.32. The van der Waals surface area contributed by atoms with Crippen molar-refractivity contribution in [2.75, 3.05) is 5.32 Å². The van der Waals surface area contributed by atoms with E-state index in [9.17, 15) is 9.36 Å². The molecule has 5 heteroatoms. The Morgan fingerprint density at radius 3 is 1.87 bits per heavy atom. The number of benzene rings is 5. The molecule has 0 aromatic heterocycles. The highest BCUT2D eigenvalue weighted by Gasteiger charge is 2.50. The van der Waals surface area contributed by atoms with Crippen molar-refractivity contribution in [3.63, 3.8) is 0 Å². The fraction of sp³-hybridized carbons (Fsp3) is 0.121. The van der Waals surface area contributed by atoms with E-state index < -0.39 is 7.29 Å². The van der Waals surface area contributed by atoms with Gasteiger partial charge in [-0.2, -0.15) is 0 Å². The number of rotatable bonds is 8. The van der Waals surface area contributed by atoms with Gasteiger partial charge in [-0.25, -0.2) is 0 Å². The van der Waals surface area contributed by atoms with Crippen LogP contribution in [-0.4, -0.2) is 5.91 Å². The van der Waals surface area contributed by atoms with Gasteiger partial charge in [0.25, 0.3) is 0 Å². The molecule has 3 atom stereocenters. The summed E-state index contributed by atoms with van der Waals surface area (Å²) < 4.78 is 14.8. The zero-order valence-corrected chi connectivity index (χ0v) is 21.8. The fourth-order valence-electron chi connectivity index (χ4n) is 5.23. The molecule has 0 bridgehead atoms. The lowest BCUT2D eigenvalue weighted by molar-refractivity contribution is -0.117. The first-order valence-electron chi connectivity index (χ1n) is 13.0. The molecular formula is C33H29N2O2P. The van der Waals surface area contributed by atoms with Crippen molar-refractivity contribution in [1.82, 2.24) is 5.09 Å². The van der Waals surface area contributed by atoms with Gasteiger partial charge in [-0.1, -0.05) is 97.1 Å². The Balaban J connectivity index is 1.29. The van der Waals surface area contributed by atoms with E-state index in [0.29, 0.717) is 0 Å². The summed E-state index contributed by atoms with van der Waals surface area (Å²) in [6, 6.07) is 43.1. The van der Waals surface area contributed by atoms with E-state index in [1.807, 2.05) is 115 Å². The van der Waals surface area contributed by atoms with Gasteiger partial charge in [-0.15, -0.1) is 0 Å². The van der Waals surface area contributed by atoms with Crippen molar-refractivity contribution in [2.24, 2.45) is 11.8 Å². The predicted molar refractivity (Wildman–Crippen MR) is 156 cm³/mol. The van der Waals surface area contributed by atoms with Gasteiger partial charge in [0, 0.05) is 28.3 Å². The zero-order chi connectivity index (χ0) is 26.0. The van der Waals surface area contributed by atoms with Crippen LogP contribution < -0.4 is 21.0 Å². The van der Waals surface area contributed by atoms with E-state index in [1.165, 1.54) is 0 Å². The van der Waals surface area contributed by atoms with Crippen LogP contribution in [0.15, 0.2) is 133 Å². The third-order valence-electron chi connectivity index (χ3n) is 7.34. The monoisotopic (exact) mass is 516 g/mol. The summed E-state index contributed by atoms with van der Waals surface area (Å²) in [6.45, 7) is 0. The SMILES string of the molecule is O=C(Nc1ccc2ccccc2c1)[C@@H]1C[C@@H]1[C@@H](NP(=O)(c1ccccc1)c1ccccc1)c1ccccc1. The summed E-state index contributed by atoms with van der Waals surface area (Å²) in [5.74, 6) is -0.139. The maximum atomic E-state index is 14.8. The van der Waals surface area contributed by atoms with Crippen LogP contribution in [0.1, 0.15) is 18.0 Å². The smallest absolute Gasteiger partial charge is 0.227 e.